The molecule has 3 aliphatic rings. The molecule has 1 N–H and O–H groups in total. The number of urea groups is 1. The SMILES string of the molecule is O=C(NC1CC=CCC1)N1CCC(C(=O)N2CCOCC2)CC1. The number of hydrogen-bond donors (Lipinski definition) is 1. The minimum absolute atomic E-state index is 0.0302. The molecule has 0 aromatic carbocycles. The Balaban J connectivity index is 1.43. The molecule has 0 saturated carbocycles. The van der Waals surface area contributed by atoms with Gasteiger partial charge in [-0.2, -0.15) is 0 Å². The highest BCUT2D eigenvalue weighted by Crippen LogP contribution is 2.21. The van der Waals surface area contributed by atoms with Gasteiger partial charge in [0.15, 0.2) is 0 Å². The van der Waals surface area contributed by atoms with E-state index in [1.54, 1.807) is 0 Å². The molecule has 6 nitrogen and oxygen atoms in total. The van der Waals surface area contributed by atoms with E-state index in [2.05, 4.69) is 17.5 Å². The first-order valence-electron chi connectivity index (χ1n) is 8.81. The number of carbonyl (C=O) groups excluding carboxylic acids is 2. The number of rotatable bonds is 2. The van der Waals surface area contributed by atoms with Crippen molar-refractivity contribution in [1.29, 1.82) is 0 Å². The molecule has 23 heavy (non-hydrogen) atoms. The third kappa shape index (κ3) is 4.25. The van der Waals surface area contributed by atoms with Crippen LogP contribution in [-0.2, 0) is 9.53 Å². The number of likely N-dealkylation sites (tertiary alicyclic amines) is 1. The summed E-state index contributed by atoms with van der Waals surface area (Å²) in [7, 11) is 0. The maximum absolute atomic E-state index is 12.5. The van der Waals surface area contributed by atoms with Gasteiger partial charge in [0.25, 0.3) is 0 Å². The van der Waals surface area contributed by atoms with Crippen LogP contribution in [0.5, 0.6) is 0 Å². The molecule has 2 fully saturated rings. The van der Waals surface area contributed by atoms with E-state index in [0.29, 0.717) is 39.4 Å². The van der Waals surface area contributed by atoms with Crippen LogP contribution in [0.15, 0.2) is 12.2 Å². The van der Waals surface area contributed by atoms with Gasteiger partial charge in [-0.1, -0.05) is 12.2 Å². The fourth-order valence-corrected chi connectivity index (χ4v) is 3.56. The third-order valence-electron chi connectivity index (χ3n) is 5.05. The zero-order valence-corrected chi connectivity index (χ0v) is 13.7. The average Bonchev–Trinajstić information content (AvgIpc) is 2.63. The molecule has 2 aliphatic heterocycles. The zero-order valence-electron chi connectivity index (χ0n) is 13.7. The summed E-state index contributed by atoms with van der Waals surface area (Å²) in [5.74, 6) is 0.306. The van der Waals surface area contributed by atoms with Gasteiger partial charge in [0.2, 0.25) is 5.91 Å². The summed E-state index contributed by atoms with van der Waals surface area (Å²) in [6.45, 7) is 4.04. The minimum atomic E-state index is 0.0302. The molecule has 2 heterocycles. The van der Waals surface area contributed by atoms with Gasteiger partial charge in [-0.3, -0.25) is 4.79 Å². The predicted molar refractivity (Wildman–Crippen MR) is 87.0 cm³/mol. The Morgan fingerprint density at radius 1 is 0.957 bits per heavy atom. The normalized spacial score (nSPS) is 26.2. The molecule has 3 amide bonds. The fraction of sp³-hybridized carbons (Fsp3) is 0.765. The van der Waals surface area contributed by atoms with Crippen LogP contribution < -0.4 is 5.32 Å². The first-order valence-corrected chi connectivity index (χ1v) is 8.81. The van der Waals surface area contributed by atoms with Crippen molar-refractivity contribution in [3.8, 4) is 0 Å². The lowest BCUT2D eigenvalue weighted by atomic mass is 9.95. The lowest BCUT2D eigenvalue weighted by Gasteiger charge is -2.36. The maximum atomic E-state index is 12.5. The van der Waals surface area contributed by atoms with E-state index >= 15 is 0 Å². The van der Waals surface area contributed by atoms with Crippen LogP contribution in [0.2, 0.25) is 0 Å². The zero-order chi connectivity index (χ0) is 16.1. The molecular weight excluding hydrogens is 294 g/mol. The van der Waals surface area contributed by atoms with E-state index in [4.69, 9.17) is 4.74 Å². The van der Waals surface area contributed by atoms with Crippen LogP contribution >= 0.6 is 0 Å². The number of hydrogen-bond acceptors (Lipinski definition) is 3. The van der Waals surface area contributed by atoms with Crippen molar-refractivity contribution in [2.75, 3.05) is 39.4 Å². The highest BCUT2D eigenvalue weighted by molar-refractivity contribution is 5.80. The second-order valence-corrected chi connectivity index (χ2v) is 6.63. The van der Waals surface area contributed by atoms with Crippen LogP contribution in [0.4, 0.5) is 4.79 Å². The second kappa shape index (κ2) is 7.81. The Bertz CT molecular complexity index is 452. The standard InChI is InChI=1S/C17H27N3O3/c21-16(19-10-12-23-13-11-19)14-6-8-20(9-7-14)17(22)18-15-4-2-1-3-5-15/h1-2,14-15H,3-13H2,(H,18,22). The molecule has 1 aliphatic carbocycles. The number of amides is 3. The average molecular weight is 321 g/mol. The minimum Gasteiger partial charge on any atom is -0.378 e. The molecule has 6 heteroatoms. The van der Waals surface area contributed by atoms with Gasteiger partial charge in [-0.15, -0.1) is 0 Å². The van der Waals surface area contributed by atoms with Crippen LogP contribution in [0.3, 0.4) is 0 Å². The summed E-state index contributed by atoms with van der Waals surface area (Å²) < 4.78 is 5.30. The quantitative estimate of drug-likeness (QED) is 0.782. The second-order valence-electron chi connectivity index (χ2n) is 6.63. The van der Waals surface area contributed by atoms with E-state index in [9.17, 15) is 9.59 Å². The molecule has 1 atom stereocenters. The van der Waals surface area contributed by atoms with E-state index in [0.717, 1.165) is 32.1 Å². The first-order chi connectivity index (χ1) is 11.2. The Morgan fingerprint density at radius 2 is 1.70 bits per heavy atom. The number of nitrogens with zero attached hydrogens (tertiary/aromatic N) is 2. The van der Waals surface area contributed by atoms with Crippen LogP contribution in [0, 0.1) is 5.92 Å². The molecule has 0 spiro atoms. The Morgan fingerprint density at radius 3 is 2.35 bits per heavy atom. The topological polar surface area (TPSA) is 61.9 Å². The number of piperidine rings is 1. The summed E-state index contributed by atoms with van der Waals surface area (Å²) >= 11 is 0. The Kier molecular flexibility index (Phi) is 5.54. The maximum Gasteiger partial charge on any atom is 0.317 e. The highest BCUT2D eigenvalue weighted by Gasteiger charge is 2.31. The molecule has 1 unspecified atom stereocenters. The van der Waals surface area contributed by atoms with Crippen molar-refractivity contribution in [3.05, 3.63) is 12.2 Å². The summed E-state index contributed by atoms with van der Waals surface area (Å²) in [5, 5.41) is 3.12. The summed E-state index contributed by atoms with van der Waals surface area (Å²) in [6.07, 6.45) is 8.85. The number of allylic oxidation sites excluding steroid dienone is 1. The van der Waals surface area contributed by atoms with Crippen molar-refractivity contribution in [1.82, 2.24) is 15.1 Å². The number of ether oxygens (including phenoxy) is 1. The van der Waals surface area contributed by atoms with Gasteiger partial charge in [-0.25, -0.2) is 4.79 Å². The van der Waals surface area contributed by atoms with E-state index < -0.39 is 0 Å². The van der Waals surface area contributed by atoms with Gasteiger partial charge in [0, 0.05) is 38.1 Å². The molecule has 0 aromatic rings. The molecule has 0 radical (unpaired) electrons. The van der Waals surface area contributed by atoms with Crippen molar-refractivity contribution in [2.24, 2.45) is 5.92 Å². The van der Waals surface area contributed by atoms with Gasteiger partial charge in [0.05, 0.1) is 13.2 Å². The summed E-state index contributed by atoms with van der Waals surface area (Å²) in [6, 6.07) is 0.294. The molecule has 3 rings (SSSR count). The van der Waals surface area contributed by atoms with Crippen molar-refractivity contribution < 1.29 is 14.3 Å². The smallest absolute Gasteiger partial charge is 0.317 e. The monoisotopic (exact) mass is 321 g/mol. The van der Waals surface area contributed by atoms with Crippen LogP contribution in [0.1, 0.15) is 32.1 Å². The van der Waals surface area contributed by atoms with Crippen LogP contribution in [0.25, 0.3) is 0 Å². The third-order valence-corrected chi connectivity index (χ3v) is 5.05. The number of nitrogens with one attached hydrogen (secondary N) is 1. The van der Waals surface area contributed by atoms with Gasteiger partial charge in [-0.05, 0) is 32.1 Å². The first kappa shape index (κ1) is 16.3. The predicted octanol–water partition coefficient (Wildman–Crippen LogP) is 1.38. The highest BCUT2D eigenvalue weighted by atomic mass is 16.5. The van der Waals surface area contributed by atoms with Crippen molar-refractivity contribution in [2.45, 2.75) is 38.1 Å². The lowest BCUT2D eigenvalue weighted by molar-refractivity contribution is -0.141. The van der Waals surface area contributed by atoms with E-state index in [1.165, 1.54) is 0 Å². The van der Waals surface area contributed by atoms with Crippen LogP contribution in [-0.4, -0.2) is 67.2 Å². The Labute approximate surface area is 137 Å². The molecular formula is C17H27N3O3. The van der Waals surface area contributed by atoms with E-state index in [1.807, 2.05) is 9.80 Å². The van der Waals surface area contributed by atoms with Gasteiger partial charge >= 0.3 is 6.03 Å². The number of carbonyl (C=O) groups is 2. The Hall–Kier alpha value is -1.56. The summed E-state index contributed by atoms with van der Waals surface area (Å²) in [5.41, 5.74) is 0. The fourth-order valence-electron chi connectivity index (χ4n) is 3.56. The van der Waals surface area contributed by atoms with Gasteiger partial charge < -0.3 is 19.9 Å². The largest absolute Gasteiger partial charge is 0.378 e. The molecule has 128 valence electrons. The van der Waals surface area contributed by atoms with Crippen molar-refractivity contribution in [3.63, 3.8) is 0 Å². The lowest BCUT2D eigenvalue weighted by Crippen LogP contribution is -2.51. The molecule has 0 aromatic heterocycles. The van der Waals surface area contributed by atoms with Crippen molar-refractivity contribution >= 4 is 11.9 Å². The van der Waals surface area contributed by atoms with E-state index in [-0.39, 0.29) is 23.9 Å². The molecule has 2 saturated heterocycles. The molecule has 0 bridgehead atoms. The van der Waals surface area contributed by atoms with Gasteiger partial charge in [0.1, 0.15) is 0 Å². The number of morpholine rings is 1. The summed E-state index contributed by atoms with van der Waals surface area (Å²) in [4.78, 5) is 28.6.